The highest BCUT2D eigenvalue weighted by Gasteiger charge is 2.32. The van der Waals surface area contributed by atoms with Crippen LogP contribution in [0.15, 0.2) is 35.5 Å². The van der Waals surface area contributed by atoms with Crippen LogP contribution in [0.2, 0.25) is 0 Å². The smallest absolute Gasteiger partial charge is 0.191 e. The largest absolute Gasteiger partial charge is 0.368 e. The van der Waals surface area contributed by atoms with Crippen LogP contribution < -0.4 is 5.32 Å². The first-order valence-electron chi connectivity index (χ1n) is 11.1. The number of tetrazole rings is 1. The van der Waals surface area contributed by atoms with Crippen LogP contribution in [0.25, 0.3) is 11.2 Å². The van der Waals surface area contributed by atoms with Crippen molar-refractivity contribution in [2.75, 3.05) is 17.6 Å². The second kappa shape index (κ2) is 9.60. The topological polar surface area (TPSA) is 123 Å². The van der Waals surface area contributed by atoms with Crippen LogP contribution in [0.4, 0.5) is 5.82 Å². The van der Waals surface area contributed by atoms with Gasteiger partial charge in [-0.2, -0.15) is 5.21 Å². The third-order valence-corrected chi connectivity index (χ3v) is 6.82. The number of nitrogens with one attached hydrogen (secondary N) is 2. The van der Waals surface area contributed by atoms with Crippen LogP contribution >= 0.6 is 11.8 Å². The Morgan fingerprint density at radius 3 is 2.88 bits per heavy atom. The first-order chi connectivity index (χ1) is 15.8. The minimum atomic E-state index is 0.208. The number of hydrogen-bond donors (Lipinski definition) is 2. The Bertz CT molecular complexity index is 1140. The van der Waals surface area contributed by atoms with Gasteiger partial charge in [-0.3, -0.25) is 0 Å². The Labute approximate surface area is 190 Å². The molecule has 3 heterocycles. The summed E-state index contributed by atoms with van der Waals surface area (Å²) in [6.07, 6.45) is 4.85. The standard InChI is InChI=1S/C21H26N10S/c1-2-12-32-21-23-19(22-11-10-14-6-4-3-5-7-14)17-20(24-21)31(30-25-17)16-9-8-15(13-16)18-26-28-29-27-18/h3-7,15-16H,2,8-13H2,1H3,(H,22,23,24)(H,26,27,28,29)/t15-,16-/m1/s1. The van der Waals surface area contributed by atoms with Crippen molar-refractivity contribution in [2.24, 2.45) is 0 Å². The highest BCUT2D eigenvalue weighted by molar-refractivity contribution is 7.99. The van der Waals surface area contributed by atoms with Crippen LogP contribution in [0.5, 0.6) is 0 Å². The molecule has 0 bridgehead atoms. The lowest BCUT2D eigenvalue weighted by Gasteiger charge is -2.12. The zero-order valence-electron chi connectivity index (χ0n) is 18.0. The summed E-state index contributed by atoms with van der Waals surface area (Å²) < 4.78 is 1.97. The second-order valence-electron chi connectivity index (χ2n) is 8.01. The summed E-state index contributed by atoms with van der Waals surface area (Å²) in [5.41, 5.74) is 2.80. The van der Waals surface area contributed by atoms with Crippen LogP contribution in [0, 0.1) is 0 Å². The summed E-state index contributed by atoms with van der Waals surface area (Å²) in [4.78, 5) is 9.59. The number of aromatic nitrogens is 9. The van der Waals surface area contributed by atoms with Gasteiger partial charge in [0.1, 0.15) is 0 Å². The SMILES string of the molecule is CCCSc1nc(NCCc2ccccc2)c2nnn([C@@H]3CC[C@@H](c4nn[nH]n4)C3)c2n1. The van der Waals surface area contributed by atoms with Gasteiger partial charge in [-0.25, -0.2) is 14.6 Å². The first kappa shape index (κ1) is 20.8. The lowest BCUT2D eigenvalue weighted by Crippen LogP contribution is -2.11. The van der Waals surface area contributed by atoms with Crippen molar-refractivity contribution >= 4 is 28.7 Å². The molecule has 1 aromatic carbocycles. The van der Waals surface area contributed by atoms with E-state index in [0.717, 1.165) is 72.4 Å². The Kier molecular flexibility index (Phi) is 6.24. The van der Waals surface area contributed by atoms with Crippen molar-refractivity contribution in [3.63, 3.8) is 0 Å². The van der Waals surface area contributed by atoms with Gasteiger partial charge in [-0.15, -0.1) is 15.3 Å². The molecule has 3 aromatic heterocycles. The molecular weight excluding hydrogens is 424 g/mol. The minimum Gasteiger partial charge on any atom is -0.368 e. The highest BCUT2D eigenvalue weighted by atomic mass is 32.2. The number of anilines is 1. The maximum atomic E-state index is 4.83. The van der Waals surface area contributed by atoms with Crippen LogP contribution in [-0.4, -0.2) is 57.9 Å². The molecule has 2 atom stereocenters. The lowest BCUT2D eigenvalue weighted by molar-refractivity contribution is 0.456. The second-order valence-corrected chi connectivity index (χ2v) is 9.07. The van der Waals surface area contributed by atoms with Gasteiger partial charge < -0.3 is 5.32 Å². The van der Waals surface area contributed by atoms with E-state index in [0.29, 0.717) is 0 Å². The molecule has 4 aromatic rings. The summed E-state index contributed by atoms with van der Waals surface area (Å²) in [5.74, 6) is 2.77. The van der Waals surface area contributed by atoms with Crippen molar-refractivity contribution in [3.05, 3.63) is 41.7 Å². The van der Waals surface area contributed by atoms with E-state index >= 15 is 0 Å². The van der Waals surface area contributed by atoms with E-state index in [1.165, 1.54) is 5.56 Å². The first-order valence-corrected chi connectivity index (χ1v) is 12.1. The predicted molar refractivity (Wildman–Crippen MR) is 123 cm³/mol. The molecule has 2 N–H and O–H groups in total. The van der Waals surface area contributed by atoms with E-state index in [2.05, 4.69) is 67.4 Å². The fourth-order valence-corrected chi connectivity index (χ4v) is 4.86. The molecule has 1 fully saturated rings. The summed E-state index contributed by atoms with van der Waals surface area (Å²) in [7, 11) is 0. The average Bonchev–Trinajstić information content (AvgIpc) is 3.58. The molecule has 0 spiro atoms. The van der Waals surface area contributed by atoms with Crippen molar-refractivity contribution in [2.45, 2.75) is 56.1 Å². The van der Waals surface area contributed by atoms with Crippen LogP contribution in [0.3, 0.4) is 0 Å². The normalized spacial score (nSPS) is 18.4. The van der Waals surface area contributed by atoms with E-state index < -0.39 is 0 Å². The zero-order chi connectivity index (χ0) is 21.8. The lowest BCUT2D eigenvalue weighted by atomic mass is 10.1. The van der Waals surface area contributed by atoms with Gasteiger partial charge in [-0.05, 0) is 37.7 Å². The van der Waals surface area contributed by atoms with Gasteiger partial charge in [-0.1, -0.05) is 59.4 Å². The minimum absolute atomic E-state index is 0.208. The molecule has 0 amide bonds. The number of nitrogens with zero attached hydrogens (tertiary/aromatic N) is 8. The molecular formula is C21H26N10S. The maximum absolute atomic E-state index is 4.83. The fourth-order valence-electron chi connectivity index (χ4n) is 4.16. The Hall–Kier alpha value is -3.08. The van der Waals surface area contributed by atoms with Crippen LogP contribution in [0.1, 0.15) is 56.0 Å². The molecule has 0 saturated heterocycles. The van der Waals surface area contributed by atoms with Gasteiger partial charge >= 0.3 is 0 Å². The summed E-state index contributed by atoms with van der Waals surface area (Å²) in [5, 5.41) is 27.8. The Morgan fingerprint density at radius 2 is 2.06 bits per heavy atom. The van der Waals surface area contributed by atoms with Crippen molar-refractivity contribution in [3.8, 4) is 0 Å². The number of rotatable bonds is 9. The average molecular weight is 451 g/mol. The molecule has 10 nitrogen and oxygen atoms in total. The summed E-state index contributed by atoms with van der Waals surface area (Å²) in [6.45, 7) is 2.93. The molecule has 1 saturated carbocycles. The molecule has 1 aliphatic rings. The number of aromatic amines is 1. The van der Waals surface area contributed by atoms with E-state index in [9.17, 15) is 0 Å². The van der Waals surface area contributed by atoms with Gasteiger partial charge in [0, 0.05) is 18.2 Å². The number of fused-ring (bicyclic) bond motifs is 1. The molecule has 5 rings (SSSR count). The molecule has 32 heavy (non-hydrogen) atoms. The fraction of sp³-hybridized carbons (Fsp3) is 0.476. The molecule has 1 aliphatic carbocycles. The summed E-state index contributed by atoms with van der Waals surface area (Å²) >= 11 is 1.67. The molecule has 0 aliphatic heterocycles. The van der Waals surface area contributed by atoms with E-state index in [-0.39, 0.29) is 12.0 Å². The maximum Gasteiger partial charge on any atom is 0.191 e. The monoisotopic (exact) mass is 450 g/mol. The molecule has 0 radical (unpaired) electrons. The van der Waals surface area contributed by atoms with Crippen molar-refractivity contribution < 1.29 is 0 Å². The van der Waals surface area contributed by atoms with E-state index in [4.69, 9.17) is 9.97 Å². The predicted octanol–water partition coefficient (Wildman–Crippen LogP) is 3.40. The molecule has 11 heteroatoms. The molecule has 166 valence electrons. The number of hydrogen-bond acceptors (Lipinski definition) is 9. The number of thioether (sulfide) groups is 1. The van der Waals surface area contributed by atoms with Gasteiger partial charge in [0.25, 0.3) is 0 Å². The van der Waals surface area contributed by atoms with E-state index in [1.807, 2.05) is 10.7 Å². The Morgan fingerprint density at radius 1 is 1.16 bits per heavy atom. The third kappa shape index (κ3) is 4.43. The zero-order valence-corrected chi connectivity index (χ0v) is 18.8. The van der Waals surface area contributed by atoms with Gasteiger partial charge in [0.15, 0.2) is 28.0 Å². The van der Waals surface area contributed by atoms with Crippen LogP contribution in [-0.2, 0) is 6.42 Å². The van der Waals surface area contributed by atoms with Gasteiger partial charge in [0.2, 0.25) is 0 Å². The van der Waals surface area contributed by atoms with Gasteiger partial charge in [0.05, 0.1) is 6.04 Å². The Balaban J connectivity index is 1.39. The third-order valence-electron chi connectivity index (χ3n) is 5.77. The highest BCUT2D eigenvalue weighted by Crippen LogP contribution is 2.40. The van der Waals surface area contributed by atoms with Crippen molar-refractivity contribution in [1.29, 1.82) is 0 Å². The van der Waals surface area contributed by atoms with E-state index in [1.54, 1.807) is 11.8 Å². The molecule has 0 unspecified atom stereocenters. The quantitative estimate of drug-likeness (QED) is 0.292. The van der Waals surface area contributed by atoms with Crippen molar-refractivity contribution in [1.82, 2.24) is 45.6 Å². The summed E-state index contributed by atoms with van der Waals surface area (Å²) in [6, 6.07) is 10.6. The number of benzene rings is 1. The number of H-pyrrole nitrogens is 1.